The number of hydrogen-bond acceptors (Lipinski definition) is 4. The van der Waals surface area contributed by atoms with Gasteiger partial charge in [-0.15, -0.1) is 11.3 Å². The number of benzene rings is 2. The van der Waals surface area contributed by atoms with Gasteiger partial charge in [0.05, 0.1) is 11.3 Å². The van der Waals surface area contributed by atoms with Crippen molar-refractivity contribution in [2.75, 3.05) is 19.0 Å². The van der Waals surface area contributed by atoms with Crippen molar-refractivity contribution < 1.29 is 0 Å². The van der Waals surface area contributed by atoms with Gasteiger partial charge in [0.1, 0.15) is 11.1 Å². The minimum absolute atomic E-state index is 0.588. The van der Waals surface area contributed by atoms with Crippen molar-refractivity contribution >= 4 is 28.7 Å². The number of nitriles is 1. The molecule has 4 heteroatoms. The van der Waals surface area contributed by atoms with E-state index in [-0.39, 0.29) is 0 Å². The molecule has 1 aromatic heterocycles. The van der Waals surface area contributed by atoms with Crippen molar-refractivity contribution in [3.05, 3.63) is 70.0 Å². The van der Waals surface area contributed by atoms with E-state index >= 15 is 0 Å². The van der Waals surface area contributed by atoms with Crippen molar-refractivity contribution in [1.29, 1.82) is 5.26 Å². The molecule has 0 aliphatic heterocycles. The van der Waals surface area contributed by atoms with E-state index in [1.807, 2.05) is 49.8 Å². The Labute approximate surface area is 171 Å². The fourth-order valence-corrected chi connectivity index (χ4v) is 3.78. The Kier molecular flexibility index (Phi) is 6.28. The first kappa shape index (κ1) is 19.9. The lowest BCUT2D eigenvalue weighted by Crippen LogP contribution is -2.07. The molecule has 1 heterocycles. The molecule has 0 aliphatic carbocycles. The highest BCUT2D eigenvalue weighted by atomic mass is 32.1. The summed E-state index contributed by atoms with van der Waals surface area (Å²) in [6.07, 6.45) is 2.98. The Morgan fingerprint density at radius 3 is 2.36 bits per heavy atom. The molecule has 2 aromatic carbocycles. The zero-order chi connectivity index (χ0) is 20.1. The Hall–Kier alpha value is -2.90. The maximum atomic E-state index is 9.62. The van der Waals surface area contributed by atoms with E-state index in [9.17, 15) is 5.26 Å². The number of nitrogens with zero attached hydrogens (tertiary/aromatic N) is 3. The maximum Gasteiger partial charge on any atom is 0.134 e. The second kappa shape index (κ2) is 8.86. The first-order valence-electron chi connectivity index (χ1n) is 9.40. The van der Waals surface area contributed by atoms with Gasteiger partial charge in [-0.1, -0.05) is 50.2 Å². The molecule has 28 heavy (non-hydrogen) atoms. The molecular weight excluding hydrogens is 362 g/mol. The lowest BCUT2D eigenvalue weighted by molar-refractivity contribution is 0.647. The van der Waals surface area contributed by atoms with E-state index in [1.54, 1.807) is 0 Å². The zero-order valence-corrected chi connectivity index (χ0v) is 17.6. The normalized spacial score (nSPS) is 11.5. The van der Waals surface area contributed by atoms with Crippen molar-refractivity contribution in [3.8, 4) is 17.3 Å². The third-order valence-corrected chi connectivity index (χ3v) is 5.34. The van der Waals surface area contributed by atoms with E-state index in [0.29, 0.717) is 11.5 Å². The molecule has 0 spiro atoms. The highest BCUT2D eigenvalue weighted by Crippen LogP contribution is 2.28. The summed E-state index contributed by atoms with van der Waals surface area (Å²) < 4.78 is 0. The topological polar surface area (TPSA) is 39.9 Å². The van der Waals surface area contributed by atoms with E-state index < -0.39 is 0 Å². The average Bonchev–Trinajstić information content (AvgIpc) is 3.16. The molecule has 0 amide bonds. The van der Waals surface area contributed by atoms with E-state index in [2.05, 4.69) is 49.1 Å². The molecule has 0 aliphatic rings. The number of allylic oxidation sites excluding steroid dienone is 1. The molecule has 3 nitrogen and oxygen atoms in total. The van der Waals surface area contributed by atoms with Crippen molar-refractivity contribution in [1.82, 2.24) is 4.98 Å². The molecule has 142 valence electrons. The van der Waals surface area contributed by atoms with Crippen LogP contribution in [-0.2, 0) is 6.42 Å². The van der Waals surface area contributed by atoms with Gasteiger partial charge in [0.2, 0.25) is 0 Å². The zero-order valence-electron chi connectivity index (χ0n) is 16.8. The fourth-order valence-electron chi connectivity index (χ4n) is 2.99. The lowest BCUT2D eigenvalue weighted by Gasteiger charge is -2.11. The highest BCUT2D eigenvalue weighted by Gasteiger charge is 2.10. The summed E-state index contributed by atoms with van der Waals surface area (Å²) >= 11 is 1.51. The maximum absolute atomic E-state index is 9.62. The molecule has 0 unspecified atom stereocenters. The van der Waals surface area contributed by atoms with E-state index in [0.717, 1.165) is 33.9 Å². The van der Waals surface area contributed by atoms with Gasteiger partial charge in [0.15, 0.2) is 0 Å². The predicted octanol–water partition coefficient (Wildman–Crippen LogP) is 6.14. The minimum Gasteiger partial charge on any atom is -0.378 e. The third-order valence-electron chi connectivity index (χ3n) is 4.47. The molecule has 0 radical (unpaired) electrons. The van der Waals surface area contributed by atoms with Crippen LogP contribution in [0.25, 0.3) is 22.9 Å². The molecular formula is C24H25N3S. The lowest BCUT2D eigenvalue weighted by atomic mass is 10.0. The van der Waals surface area contributed by atoms with Crippen LogP contribution in [0.2, 0.25) is 0 Å². The quantitative estimate of drug-likeness (QED) is 0.477. The number of anilines is 1. The van der Waals surface area contributed by atoms with E-state index in [4.69, 9.17) is 4.98 Å². The average molecular weight is 388 g/mol. The molecule has 0 saturated heterocycles. The summed E-state index contributed by atoms with van der Waals surface area (Å²) in [6, 6.07) is 19.0. The summed E-state index contributed by atoms with van der Waals surface area (Å²) in [5.41, 5.74) is 6.06. The molecule has 0 bridgehead atoms. The second-order valence-corrected chi connectivity index (χ2v) is 8.35. The van der Waals surface area contributed by atoms with Gasteiger partial charge in [-0.05, 0) is 41.7 Å². The van der Waals surface area contributed by atoms with Gasteiger partial charge in [0.25, 0.3) is 0 Å². The minimum atomic E-state index is 0.588. The smallest absolute Gasteiger partial charge is 0.134 e. The van der Waals surface area contributed by atoms with Crippen LogP contribution < -0.4 is 4.90 Å². The van der Waals surface area contributed by atoms with Crippen molar-refractivity contribution in [3.63, 3.8) is 0 Å². The Morgan fingerprint density at radius 2 is 1.79 bits per heavy atom. The van der Waals surface area contributed by atoms with Crippen LogP contribution >= 0.6 is 11.3 Å². The second-order valence-electron chi connectivity index (χ2n) is 7.49. The summed E-state index contributed by atoms with van der Waals surface area (Å²) in [5.74, 6) is 0.645. The van der Waals surface area contributed by atoms with Gasteiger partial charge in [0, 0.05) is 30.7 Å². The molecule has 0 atom stereocenters. The van der Waals surface area contributed by atoms with Gasteiger partial charge < -0.3 is 4.90 Å². The molecule has 0 fully saturated rings. The van der Waals surface area contributed by atoms with Crippen LogP contribution in [0.3, 0.4) is 0 Å². The van der Waals surface area contributed by atoms with Crippen molar-refractivity contribution in [2.45, 2.75) is 20.3 Å². The van der Waals surface area contributed by atoms with Crippen LogP contribution in [0.5, 0.6) is 0 Å². The Morgan fingerprint density at radius 1 is 1.11 bits per heavy atom. The highest BCUT2D eigenvalue weighted by molar-refractivity contribution is 7.11. The standard InChI is InChI=1S/C24H25N3S/c1-17(2)13-18-5-9-20(10-6-18)23-16-28-24(26-23)21(15-25)14-19-7-11-22(12-8-19)27(3)4/h5-12,14,16-17H,13H2,1-4H3/b21-14+. The van der Waals surface area contributed by atoms with Crippen LogP contribution in [-0.4, -0.2) is 19.1 Å². The first-order chi connectivity index (χ1) is 13.5. The summed E-state index contributed by atoms with van der Waals surface area (Å²) in [7, 11) is 4.02. The molecule has 3 rings (SSSR count). The fraction of sp³-hybridized carbons (Fsp3) is 0.250. The van der Waals surface area contributed by atoms with Gasteiger partial charge in [-0.3, -0.25) is 0 Å². The predicted molar refractivity (Wildman–Crippen MR) is 120 cm³/mol. The third kappa shape index (κ3) is 4.88. The van der Waals surface area contributed by atoms with E-state index in [1.165, 1.54) is 16.9 Å². The molecule has 3 aromatic rings. The van der Waals surface area contributed by atoms with Gasteiger partial charge in [-0.2, -0.15) is 5.26 Å². The van der Waals surface area contributed by atoms with Gasteiger partial charge >= 0.3 is 0 Å². The number of rotatable bonds is 6. The van der Waals surface area contributed by atoms with Crippen molar-refractivity contribution in [2.24, 2.45) is 5.92 Å². The number of aromatic nitrogens is 1. The van der Waals surface area contributed by atoms with Gasteiger partial charge in [-0.25, -0.2) is 4.98 Å². The number of thiazole rings is 1. The van der Waals surface area contributed by atoms with Crippen LogP contribution in [0.1, 0.15) is 30.0 Å². The Balaban J connectivity index is 1.82. The first-order valence-corrected chi connectivity index (χ1v) is 10.3. The largest absolute Gasteiger partial charge is 0.378 e. The Bertz CT molecular complexity index is 988. The van der Waals surface area contributed by atoms with Crippen LogP contribution in [0.15, 0.2) is 53.9 Å². The van der Waals surface area contributed by atoms with Crippen LogP contribution in [0, 0.1) is 17.2 Å². The summed E-state index contributed by atoms with van der Waals surface area (Å²) in [6.45, 7) is 4.45. The number of hydrogen-bond donors (Lipinski definition) is 0. The summed E-state index contributed by atoms with van der Waals surface area (Å²) in [4.78, 5) is 6.76. The molecule has 0 N–H and O–H groups in total. The van der Waals surface area contributed by atoms with Crippen LogP contribution in [0.4, 0.5) is 5.69 Å². The SMILES string of the molecule is CC(C)Cc1ccc(-c2csc(/C(C#N)=C/c3ccc(N(C)C)cc3)n2)cc1. The summed E-state index contributed by atoms with van der Waals surface area (Å²) in [5, 5.41) is 12.4. The monoisotopic (exact) mass is 387 g/mol. The molecule has 0 saturated carbocycles.